The van der Waals surface area contributed by atoms with E-state index in [0.29, 0.717) is 13.0 Å². The van der Waals surface area contributed by atoms with Crippen molar-refractivity contribution in [1.82, 2.24) is 9.80 Å². The highest BCUT2D eigenvalue weighted by molar-refractivity contribution is 5.81. The molecular weight excluding hydrogens is 368 g/mol. The van der Waals surface area contributed by atoms with E-state index in [9.17, 15) is 4.79 Å². The largest absolute Gasteiger partial charge is 0.497 e. The van der Waals surface area contributed by atoms with Crippen molar-refractivity contribution in [3.8, 4) is 11.5 Å². The van der Waals surface area contributed by atoms with Crippen LogP contribution >= 0.6 is 0 Å². The summed E-state index contributed by atoms with van der Waals surface area (Å²) in [5.74, 6) is 1.75. The summed E-state index contributed by atoms with van der Waals surface area (Å²) < 4.78 is 17.4. The van der Waals surface area contributed by atoms with E-state index in [4.69, 9.17) is 14.2 Å². The Morgan fingerprint density at radius 1 is 1.10 bits per heavy atom. The van der Waals surface area contributed by atoms with Crippen molar-refractivity contribution in [2.45, 2.75) is 37.3 Å². The minimum Gasteiger partial charge on any atom is -0.497 e. The molecule has 0 aromatic heterocycles. The van der Waals surface area contributed by atoms with E-state index in [2.05, 4.69) is 17.0 Å². The van der Waals surface area contributed by atoms with Gasteiger partial charge in [-0.05, 0) is 23.3 Å². The van der Waals surface area contributed by atoms with E-state index in [1.54, 1.807) is 14.2 Å². The van der Waals surface area contributed by atoms with Crippen molar-refractivity contribution in [2.24, 2.45) is 0 Å². The molecule has 0 aliphatic carbocycles. The quantitative estimate of drug-likeness (QED) is 0.780. The topological polar surface area (TPSA) is 51.2 Å². The zero-order valence-corrected chi connectivity index (χ0v) is 16.8. The Bertz CT molecular complexity index is 896. The van der Waals surface area contributed by atoms with Crippen LogP contribution in [-0.4, -0.2) is 54.8 Å². The highest BCUT2D eigenvalue weighted by Gasteiger charge is 2.63. The Balaban J connectivity index is 1.39. The van der Waals surface area contributed by atoms with Gasteiger partial charge in [-0.3, -0.25) is 9.69 Å². The number of likely N-dealkylation sites (tertiary alicyclic amines) is 1. The lowest BCUT2D eigenvalue weighted by molar-refractivity contribution is -0.138. The molecule has 5 rings (SSSR count). The molecule has 0 N–H and O–H groups in total. The van der Waals surface area contributed by atoms with Crippen LogP contribution in [0.3, 0.4) is 0 Å². The summed E-state index contributed by atoms with van der Waals surface area (Å²) in [5, 5.41) is 0. The lowest BCUT2D eigenvalue weighted by Crippen LogP contribution is -2.47. The summed E-state index contributed by atoms with van der Waals surface area (Å²) in [4.78, 5) is 17.2. The Morgan fingerprint density at radius 3 is 2.52 bits per heavy atom. The van der Waals surface area contributed by atoms with Crippen LogP contribution < -0.4 is 9.47 Å². The van der Waals surface area contributed by atoms with Crippen molar-refractivity contribution in [3.63, 3.8) is 0 Å². The van der Waals surface area contributed by atoms with Crippen molar-refractivity contribution < 1.29 is 19.0 Å². The summed E-state index contributed by atoms with van der Waals surface area (Å²) in [6, 6.07) is 16.2. The first kappa shape index (κ1) is 18.5. The van der Waals surface area contributed by atoms with E-state index in [1.165, 1.54) is 0 Å². The molecule has 1 amide bonds. The van der Waals surface area contributed by atoms with Crippen molar-refractivity contribution >= 4 is 5.91 Å². The molecule has 3 saturated heterocycles. The van der Waals surface area contributed by atoms with Crippen LogP contribution in [-0.2, 0) is 16.1 Å². The summed E-state index contributed by atoms with van der Waals surface area (Å²) >= 11 is 0. The maximum Gasteiger partial charge on any atom is 0.226 e. The molecule has 3 fully saturated rings. The van der Waals surface area contributed by atoms with Gasteiger partial charge in [-0.1, -0.05) is 30.3 Å². The zero-order valence-electron chi connectivity index (χ0n) is 16.8. The van der Waals surface area contributed by atoms with Gasteiger partial charge >= 0.3 is 0 Å². The van der Waals surface area contributed by atoms with E-state index in [0.717, 1.165) is 42.1 Å². The molecule has 0 radical (unpaired) electrons. The van der Waals surface area contributed by atoms with Gasteiger partial charge in [0, 0.05) is 32.0 Å². The van der Waals surface area contributed by atoms with E-state index < -0.39 is 5.72 Å². The number of hydrogen-bond donors (Lipinski definition) is 0. The molecule has 3 aliphatic heterocycles. The molecule has 0 saturated carbocycles. The Kier molecular flexibility index (Phi) is 4.48. The van der Waals surface area contributed by atoms with Gasteiger partial charge in [0.15, 0.2) is 5.72 Å². The lowest BCUT2D eigenvalue weighted by Gasteiger charge is -2.32. The third-order valence-corrected chi connectivity index (χ3v) is 6.51. The molecule has 3 heterocycles. The second-order valence-corrected chi connectivity index (χ2v) is 8.03. The van der Waals surface area contributed by atoms with Crippen LogP contribution in [0.1, 0.15) is 30.1 Å². The SMILES string of the molecule is COc1cc(CN2CC[C@@]34O[C@@H](c5ccccc5)CN3C(=O)C[C@@H]24)cc(OC)c1. The molecule has 2 aromatic carbocycles. The van der Waals surface area contributed by atoms with Gasteiger partial charge in [-0.2, -0.15) is 0 Å². The molecule has 6 nitrogen and oxygen atoms in total. The first-order valence-electron chi connectivity index (χ1n) is 10.1. The number of rotatable bonds is 5. The number of nitrogens with zero attached hydrogens (tertiary/aromatic N) is 2. The molecule has 3 aliphatic rings. The number of ether oxygens (including phenoxy) is 3. The summed E-state index contributed by atoms with van der Waals surface area (Å²) in [6.07, 6.45) is 1.30. The predicted molar refractivity (Wildman–Crippen MR) is 108 cm³/mol. The van der Waals surface area contributed by atoms with Crippen LogP contribution in [0, 0.1) is 0 Å². The van der Waals surface area contributed by atoms with Crippen molar-refractivity contribution in [3.05, 3.63) is 59.7 Å². The van der Waals surface area contributed by atoms with Gasteiger partial charge in [0.25, 0.3) is 0 Å². The molecule has 2 aromatic rings. The number of hydrogen-bond acceptors (Lipinski definition) is 5. The fourth-order valence-electron chi connectivity index (χ4n) is 5.13. The lowest BCUT2D eigenvalue weighted by atomic mass is 10.1. The maximum atomic E-state index is 12.8. The second-order valence-electron chi connectivity index (χ2n) is 8.03. The Hall–Kier alpha value is -2.57. The monoisotopic (exact) mass is 394 g/mol. The molecule has 29 heavy (non-hydrogen) atoms. The number of benzene rings is 2. The minimum absolute atomic E-state index is 0.0557. The van der Waals surface area contributed by atoms with Crippen LogP contribution in [0.5, 0.6) is 11.5 Å². The summed E-state index contributed by atoms with van der Waals surface area (Å²) in [7, 11) is 3.32. The first-order valence-corrected chi connectivity index (χ1v) is 10.1. The van der Waals surface area contributed by atoms with Crippen LogP contribution in [0.4, 0.5) is 0 Å². The van der Waals surface area contributed by atoms with E-state index >= 15 is 0 Å². The summed E-state index contributed by atoms with van der Waals surface area (Å²) in [5.41, 5.74) is 1.75. The zero-order chi connectivity index (χ0) is 20.0. The van der Waals surface area contributed by atoms with Gasteiger partial charge in [0.1, 0.15) is 17.6 Å². The van der Waals surface area contributed by atoms with Gasteiger partial charge in [0.2, 0.25) is 5.91 Å². The predicted octanol–water partition coefficient (Wildman–Crippen LogP) is 2.98. The highest BCUT2D eigenvalue weighted by Crippen LogP contribution is 2.51. The average Bonchev–Trinajstić information content (AvgIpc) is 3.37. The van der Waals surface area contributed by atoms with Crippen LogP contribution in [0.25, 0.3) is 0 Å². The standard InChI is InChI=1S/C23H26N2O4/c1-27-18-10-16(11-19(12-18)28-2)14-24-9-8-23-21(24)13-22(26)25(23)15-20(29-23)17-6-4-3-5-7-17/h3-7,10-12,20-21H,8-9,13-15H2,1-2H3/t20-,21-,23+/m1/s1. The van der Waals surface area contributed by atoms with Gasteiger partial charge in [-0.15, -0.1) is 0 Å². The molecule has 3 atom stereocenters. The third kappa shape index (κ3) is 2.98. The fourth-order valence-corrected chi connectivity index (χ4v) is 5.13. The normalized spacial score (nSPS) is 28.5. The highest BCUT2D eigenvalue weighted by atomic mass is 16.5. The Labute approximate surface area is 171 Å². The number of amides is 1. The molecule has 1 spiro atoms. The maximum absolute atomic E-state index is 12.8. The molecule has 6 heteroatoms. The number of carbonyl (C=O) groups is 1. The molecule has 0 unspecified atom stereocenters. The van der Waals surface area contributed by atoms with Gasteiger partial charge in [-0.25, -0.2) is 0 Å². The average molecular weight is 394 g/mol. The minimum atomic E-state index is -0.499. The molecule has 0 bridgehead atoms. The third-order valence-electron chi connectivity index (χ3n) is 6.51. The van der Waals surface area contributed by atoms with E-state index in [-0.39, 0.29) is 18.1 Å². The van der Waals surface area contributed by atoms with Gasteiger partial charge in [0.05, 0.1) is 26.8 Å². The molecule has 152 valence electrons. The Morgan fingerprint density at radius 2 is 1.83 bits per heavy atom. The van der Waals surface area contributed by atoms with Crippen LogP contribution in [0.2, 0.25) is 0 Å². The van der Waals surface area contributed by atoms with Crippen molar-refractivity contribution in [2.75, 3.05) is 27.3 Å². The molecular formula is C23H26N2O4. The van der Waals surface area contributed by atoms with Crippen molar-refractivity contribution in [1.29, 1.82) is 0 Å². The van der Waals surface area contributed by atoms with Gasteiger partial charge < -0.3 is 19.1 Å². The fraction of sp³-hybridized carbons (Fsp3) is 0.435. The number of methoxy groups -OCH3 is 2. The van der Waals surface area contributed by atoms with E-state index in [1.807, 2.05) is 41.3 Å². The second kappa shape index (κ2) is 7.04. The summed E-state index contributed by atoms with van der Waals surface area (Å²) in [6.45, 7) is 2.27. The van der Waals surface area contributed by atoms with Crippen LogP contribution in [0.15, 0.2) is 48.5 Å². The smallest absolute Gasteiger partial charge is 0.226 e. The number of carbonyl (C=O) groups excluding carboxylic acids is 1. The first-order chi connectivity index (χ1) is 14.1.